The highest BCUT2D eigenvalue weighted by Gasteiger charge is 2.29. The average Bonchev–Trinajstić information content (AvgIpc) is 2.76. The fraction of sp³-hybridized carbons (Fsp3) is 0.462. The van der Waals surface area contributed by atoms with Crippen LogP contribution in [-0.4, -0.2) is 33.8 Å². The number of alkyl halides is 1. The fourth-order valence-electron chi connectivity index (χ4n) is 2.31. The van der Waals surface area contributed by atoms with Gasteiger partial charge in [0.1, 0.15) is 5.75 Å². The van der Waals surface area contributed by atoms with Gasteiger partial charge in [0.05, 0.1) is 0 Å². The summed E-state index contributed by atoms with van der Waals surface area (Å²) in [4.78, 5) is 14.3. The molecule has 3 nitrogen and oxygen atoms in total. The second kappa shape index (κ2) is 5.08. The Morgan fingerprint density at radius 1 is 1.59 bits per heavy atom. The summed E-state index contributed by atoms with van der Waals surface area (Å²) in [6.07, 6.45) is 2.13. The quantitative estimate of drug-likeness (QED) is 0.853. The number of likely N-dealkylation sites (tertiary alicyclic amines) is 1. The summed E-state index contributed by atoms with van der Waals surface area (Å²) in [7, 11) is 0. The summed E-state index contributed by atoms with van der Waals surface area (Å²) >= 11 is 3.45. The first-order chi connectivity index (χ1) is 8.13. The van der Waals surface area contributed by atoms with Crippen molar-refractivity contribution in [2.75, 3.05) is 11.9 Å². The van der Waals surface area contributed by atoms with Gasteiger partial charge < -0.3 is 10.0 Å². The van der Waals surface area contributed by atoms with E-state index in [2.05, 4.69) is 15.9 Å². The van der Waals surface area contributed by atoms with Crippen LogP contribution in [-0.2, 0) is 0 Å². The molecule has 0 spiro atoms. The highest BCUT2D eigenvalue weighted by Crippen LogP contribution is 2.24. The lowest BCUT2D eigenvalue weighted by molar-refractivity contribution is 0.0750. The fourth-order valence-corrected chi connectivity index (χ4v) is 2.98. The average molecular weight is 298 g/mol. The van der Waals surface area contributed by atoms with E-state index in [-0.39, 0.29) is 11.7 Å². The number of aromatic hydroxyl groups is 1. The molecule has 1 N–H and O–H groups in total. The minimum Gasteiger partial charge on any atom is -0.508 e. The molecule has 0 radical (unpaired) electrons. The van der Waals surface area contributed by atoms with Crippen molar-refractivity contribution >= 4 is 21.8 Å². The van der Waals surface area contributed by atoms with E-state index in [4.69, 9.17) is 0 Å². The second-order valence-corrected chi connectivity index (χ2v) is 5.10. The van der Waals surface area contributed by atoms with E-state index in [0.29, 0.717) is 11.6 Å². The standard InChI is InChI=1S/C13H16BrNO2/c1-9-7-11(16)4-5-12(9)13(17)15-6-2-3-10(15)8-14/h4-5,7,10,16H,2-3,6,8H2,1H3. The van der Waals surface area contributed by atoms with Gasteiger partial charge in [-0.1, -0.05) is 15.9 Å². The Kier molecular flexibility index (Phi) is 3.72. The Morgan fingerprint density at radius 3 is 3.00 bits per heavy atom. The van der Waals surface area contributed by atoms with E-state index in [1.807, 2.05) is 11.8 Å². The zero-order chi connectivity index (χ0) is 12.4. The Morgan fingerprint density at radius 2 is 2.35 bits per heavy atom. The van der Waals surface area contributed by atoms with E-state index >= 15 is 0 Å². The summed E-state index contributed by atoms with van der Waals surface area (Å²) in [5, 5.41) is 10.2. The first kappa shape index (κ1) is 12.4. The molecule has 1 heterocycles. The van der Waals surface area contributed by atoms with Gasteiger partial charge in [-0.15, -0.1) is 0 Å². The molecule has 1 amide bonds. The van der Waals surface area contributed by atoms with Gasteiger partial charge in [0.15, 0.2) is 0 Å². The normalized spacial score (nSPS) is 19.6. The van der Waals surface area contributed by atoms with Gasteiger partial charge in [0.2, 0.25) is 0 Å². The summed E-state index contributed by atoms with van der Waals surface area (Å²) in [6, 6.07) is 5.21. The molecule has 0 aromatic heterocycles. The number of hydrogen-bond acceptors (Lipinski definition) is 2. The Balaban J connectivity index is 2.24. The third-order valence-electron chi connectivity index (χ3n) is 3.26. The van der Waals surface area contributed by atoms with E-state index in [1.54, 1.807) is 18.2 Å². The maximum Gasteiger partial charge on any atom is 0.254 e. The minimum atomic E-state index is 0.0736. The van der Waals surface area contributed by atoms with Crippen LogP contribution in [0.3, 0.4) is 0 Å². The van der Waals surface area contributed by atoms with Gasteiger partial charge in [0, 0.05) is 23.5 Å². The number of phenols is 1. The van der Waals surface area contributed by atoms with Crippen LogP contribution in [0.1, 0.15) is 28.8 Å². The minimum absolute atomic E-state index is 0.0736. The highest BCUT2D eigenvalue weighted by atomic mass is 79.9. The molecule has 1 aliphatic heterocycles. The topological polar surface area (TPSA) is 40.5 Å². The number of carbonyl (C=O) groups excluding carboxylic acids is 1. The third-order valence-corrected chi connectivity index (χ3v) is 4.00. The molecule has 92 valence electrons. The van der Waals surface area contributed by atoms with Crippen molar-refractivity contribution in [1.82, 2.24) is 4.90 Å². The number of nitrogens with zero attached hydrogens (tertiary/aromatic N) is 1. The molecule has 2 rings (SSSR count). The lowest BCUT2D eigenvalue weighted by Gasteiger charge is -2.23. The van der Waals surface area contributed by atoms with Crippen molar-refractivity contribution in [2.45, 2.75) is 25.8 Å². The molecule has 1 aromatic rings. The highest BCUT2D eigenvalue weighted by molar-refractivity contribution is 9.09. The summed E-state index contributed by atoms with van der Waals surface area (Å²) in [6.45, 7) is 2.68. The third kappa shape index (κ3) is 2.46. The summed E-state index contributed by atoms with van der Waals surface area (Å²) < 4.78 is 0. The molecule has 1 aromatic carbocycles. The Labute approximate surface area is 110 Å². The number of aryl methyl sites for hydroxylation is 1. The molecular formula is C13H16BrNO2. The zero-order valence-electron chi connectivity index (χ0n) is 9.82. The molecule has 0 aliphatic carbocycles. The van der Waals surface area contributed by atoms with Gasteiger partial charge in [0.25, 0.3) is 5.91 Å². The molecule has 1 atom stereocenters. The molecule has 1 saturated heterocycles. The van der Waals surface area contributed by atoms with Crippen LogP contribution in [0.5, 0.6) is 5.75 Å². The number of rotatable bonds is 2. The molecular weight excluding hydrogens is 282 g/mol. The molecule has 0 bridgehead atoms. The van der Waals surface area contributed by atoms with E-state index in [0.717, 1.165) is 30.3 Å². The van der Waals surface area contributed by atoms with Crippen molar-refractivity contribution < 1.29 is 9.90 Å². The van der Waals surface area contributed by atoms with Gasteiger partial charge >= 0.3 is 0 Å². The lowest BCUT2D eigenvalue weighted by Crippen LogP contribution is -2.36. The molecule has 1 fully saturated rings. The first-order valence-corrected chi connectivity index (χ1v) is 6.92. The number of benzene rings is 1. The Hall–Kier alpha value is -1.03. The van der Waals surface area contributed by atoms with Crippen molar-refractivity contribution in [2.24, 2.45) is 0 Å². The van der Waals surface area contributed by atoms with Gasteiger partial charge in [-0.05, 0) is 43.5 Å². The van der Waals surface area contributed by atoms with E-state index in [1.165, 1.54) is 0 Å². The number of halogens is 1. The molecule has 0 saturated carbocycles. The second-order valence-electron chi connectivity index (χ2n) is 4.45. The predicted molar refractivity (Wildman–Crippen MR) is 70.7 cm³/mol. The maximum atomic E-state index is 12.4. The molecule has 4 heteroatoms. The summed E-state index contributed by atoms with van der Waals surface area (Å²) in [5.41, 5.74) is 1.52. The molecule has 17 heavy (non-hydrogen) atoms. The predicted octanol–water partition coefficient (Wildman–Crippen LogP) is 2.70. The van der Waals surface area contributed by atoms with Crippen LogP contribution in [0.25, 0.3) is 0 Å². The number of carbonyl (C=O) groups is 1. The number of amides is 1. The van der Waals surface area contributed by atoms with Gasteiger partial charge in [-0.3, -0.25) is 4.79 Å². The number of phenolic OH excluding ortho intramolecular Hbond substituents is 1. The summed E-state index contributed by atoms with van der Waals surface area (Å²) in [5.74, 6) is 0.280. The largest absolute Gasteiger partial charge is 0.508 e. The molecule has 1 aliphatic rings. The van der Waals surface area contributed by atoms with Crippen LogP contribution in [0.15, 0.2) is 18.2 Å². The van der Waals surface area contributed by atoms with Crippen molar-refractivity contribution in [1.29, 1.82) is 0 Å². The van der Waals surface area contributed by atoms with Crippen LogP contribution < -0.4 is 0 Å². The van der Waals surface area contributed by atoms with Crippen LogP contribution in [0, 0.1) is 6.92 Å². The van der Waals surface area contributed by atoms with E-state index < -0.39 is 0 Å². The van der Waals surface area contributed by atoms with Crippen molar-refractivity contribution in [3.63, 3.8) is 0 Å². The SMILES string of the molecule is Cc1cc(O)ccc1C(=O)N1CCCC1CBr. The van der Waals surface area contributed by atoms with Crippen LogP contribution >= 0.6 is 15.9 Å². The van der Waals surface area contributed by atoms with E-state index in [9.17, 15) is 9.90 Å². The zero-order valence-corrected chi connectivity index (χ0v) is 11.4. The monoisotopic (exact) mass is 297 g/mol. The smallest absolute Gasteiger partial charge is 0.254 e. The van der Waals surface area contributed by atoms with Gasteiger partial charge in [-0.25, -0.2) is 0 Å². The van der Waals surface area contributed by atoms with Crippen LogP contribution in [0.2, 0.25) is 0 Å². The molecule has 1 unspecified atom stereocenters. The lowest BCUT2D eigenvalue weighted by atomic mass is 10.1. The first-order valence-electron chi connectivity index (χ1n) is 5.80. The van der Waals surface area contributed by atoms with Crippen molar-refractivity contribution in [3.05, 3.63) is 29.3 Å². The Bertz CT molecular complexity index is 433. The van der Waals surface area contributed by atoms with Crippen molar-refractivity contribution in [3.8, 4) is 5.75 Å². The van der Waals surface area contributed by atoms with Crippen LogP contribution in [0.4, 0.5) is 0 Å². The number of hydrogen-bond donors (Lipinski definition) is 1. The maximum absolute atomic E-state index is 12.4. The van der Waals surface area contributed by atoms with Gasteiger partial charge in [-0.2, -0.15) is 0 Å².